The highest BCUT2D eigenvalue weighted by Crippen LogP contribution is 2.21. The molecule has 0 aliphatic carbocycles. The summed E-state index contributed by atoms with van der Waals surface area (Å²) in [5.74, 6) is 0.853. The van der Waals surface area contributed by atoms with Crippen LogP contribution in [0, 0.1) is 6.92 Å². The highest BCUT2D eigenvalue weighted by Gasteiger charge is 1.99. The lowest BCUT2D eigenvalue weighted by molar-refractivity contribution is 0.155. The molecule has 0 spiro atoms. The number of benzene rings is 1. The van der Waals surface area contributed by atoms with Crippen molar-refractivity contribution in [3.8, 4) is 5.75 Å². The molecule has 1 N–H and O–H groups in total. The zero-order valence-corrected chi connectivity index (χ0v) is 10.0. The summed E-state index contributed by atoms with van der Waals surface area (Å²) in [5.41, 5.74) is 1.15. The molecule has 0 aromatic heterocycles. The number of aliphatic hydroxyl groups is 1. The van der Waals surface area contributed by atoms with Crippen molar-refractivity contribution in [2.24, 2.45) is 0 Å². The van der Waals surface area contributed by atoms with Gasteiger partial charge < -0.3 is 9.84 Å². The van der Waals surface area contributed by atoms with Crippen LogP contribution in [0.15, 0.2) is 22.7 Å². The van der Waals surface area contributed by atoms with E-state index in [0.717, 1.165) is 15.8 Å². The fraction of sp³-hybridized carbons (Fsp3) is 0.455. The molecule has 0 amide bonds. The molecule has 1 unspecified atom stereocenters. The summed E-state index contributed by atoms with van der Waals surface area (Å²) < 4.78 is 6.56. The van der Waals surface area contributed by atoms with E-state index in [1.807, 2.05) is 25.1 Å². The molecule has 2 nitrogen and oxygen atoms in total. The Hall–Kier alpha value is -0.540. The van der Waals surface area contributed by atoms with Crippen LogP contribution in [0.3, 0.4) is 0 Å². The summed E-state index contributed by atoms with van der Waals surface area (Å²) in [6.07, 6.45) is 0.362. The Balaban J connectivity index is 2.47. The minimum absolute atomic E-state index is 0.299. The van der Waals surface area contributed by atoms with Crippen LogP contribution in [-0.4, -0.2) is 17.8 Å². The molecule has 0 fully saturated rings. The number of rotatable bonds is 4. The standard InChI is InChI=1S/C11H15BrO2/c1-8-7-10(3-4-11(8)12)14-6-5-9(2)13/h3-4,7,9,13H,5-6H2,1-2H3. The molecule has 1 rings (SSSR count). The molecule has 78 valence electrons. The van der Waals surface area contributed by atoms with E-state index in [4.69, 9.17) is 9.84 Å². The number of aryl methyl sites for hydroxylation is 1. The van der Waals surface area contributed by atoms with Crippen LogP contribution in [0.25, 0.3) is 0 Å². The van der Waals surface area contributed by atoms with E-state index in [0.29, 0.717) is 13.0 Å². The second-order valence-electron chi connectivity index (χ2n) is 3.40. The van der Waals surface area contributed by atoms with Gasteiger partial charge in [0.1, 0.15) is 5.75 Å². The Morgan fingerprint density at radius 1 is 1.50 bits per heavy atom. The molecular formula is C11H15BrO2. The van der Waals surface area contributed by atoms with E-state index in [-0.39, 0.29) is 6.10 Å². The van der Waals surface area contributed by atoms with Gasteiger partial charge in [-0.05, 0) is 37.6 Å². The summed E-state index contributed by atoms with van der Waals surface area (Å²) in [6, 6.07) is 5.86. The van der Waals surface area contributed by atoms with Gasteiger partial charge in [0.05, 0.1) is 12.7 Å². The summed E-state index contributed by atoms with van der Waals surface area (Å²) in [6.45, 7) is 4.33. The van der Waals surface area contributed by atoms with Crippen molar-refractivity contribution >= 4 is 15.9 Å². The maximum Gasteiger partial charge on any atom is 0.119 e. The summed E-state index contributed by atoms with van der Waals surface area (Å²) >= 11 is 3.43. The molecule has 0 bridgehead atoms. The third-order valence-electron chi connectivity index (χ3n) is 1.93. The second kappa shape index (κ2) is 5.37. The molecule has 3 heteroatoms. The predicted molar refractivity (Wildman–Crippen MR) is 60.7 cm³/mol. The Labute approximate surface area is 93.0 Å². The fourth-order valence-corrected chi connectivity index (χ4v) is 1.30. The lowest BCUT2D eigenvalue weighted by atomic mass is 10.2. The molecule has 1 atom stereocenters. The largest absolute Gasteiger partial charge is 0.493 e. The van der Waals surface area contributed by atoms with Gasteiger partial charge in [0, 0.05) is 10.9 Å². The van der Waals surface area contributed by atoms with Crippen molar-refractivity contribution in [2.75, 3.05) is 6.61 Å². The maximum atomic E-state index is 9.04. The number of aliphatic hydroxyl groups excluding tert-OH is 1. The van der Waals surface area contributed by atoms with Gasteiger partial charge in [-0.3, -0.25) is 0 Å². The lowest BCUT2D eigenvalue weighted by Gasteiger charge is -2.08. The third kappa shape index (κ3) is 3.68. The molecule has 0 aliphatic rings. The first-order chi connectivity index (χ1) is 6.59. The number of halogens is 1. The summed E-state index contributed by atoms with van der Waals surface area (Å²) in [4.78, 5) is 0. The summed E-state index contributed by atoms with van der Waals surface area (Å²) in [5, 5.41) is 9.04. The van der Waals surface area contributed by atoms with Crippen molar-refractivity contribution in [3.05, 3.63) is 28.2 Å². The molecule has 1 aromatic carbocycles. The van der Waals surface area contributed by atoms with E-state index in [9.17, 15) is 0 Å². The SMILES string of the molecule is Cc1cc(OCCC(C)O)ccc1Br. The van der Waals surface area contributed by atoms with Gasteiger partial charge in [0.25, 0.3) is 0 Å². The van der Waals surface area contributed by atoms with Crippen molar-refractivity contribution in [1.29, 1.82) is 0 Å². The Kier molecular flexibility index (Phi) is 4.42. The predicted octanol–water partition coefficient (Wildman–Crippen LogP) is 2.91. The Morgan fingerprint density at radius 3 is 2.79 bits per heavy atom. The minimum atomic E-state index is -0.299. The highest BCUT2D eigenvalue weighted by molar-refractivity contribution is 9.10. The van der Waals surface area contributed by atoms with Crippen LogP contribution in [0.4, 0.5) is 0 Å². The lowest BCUT2D eigenvalue weighted by Crippen LogP contribution is -2.07. The normalized spacial score (nSPS) is 12.6. The Bertz CT molecular complexity index is 297. The van der Waals surface area contributed by atoms with Crippen LogP contribution in [0.5, 0.6) is 5.75 Å². The molecular weight excluding hydrogens is 244 g/mol. The first kappa shape index (κ1) is 11.5. The average molecular weight is 259 g/mol. The number of hydrogen-bond donors (Lipinski definition) is 1. The van der Waals surface area contributed by atoms with Gasteiger partial charge in [0.2, 0.25) is 0 Å². The molecule has 0 saturated heterocycles. The summed E-state index contributed by atoms with van der Waals surface area (Å²) in [7, 11) is 0. The van der Waals surface area contributed by atoms with Crippen LogP contribution in [-0.2, 0) is 0 Å². The third-order valence-corrected chi connectivity index (χ3v) is 2.82. The van der Waals surface area contributed by atoms with E-state index in [1.54, 1.807) is 6.92 Å². The molecule has 0 saturated carbocycles. The highest BCUT2D eigenvalue weighted by atomic mass is 79.9. The van der Waals surface area contributed by atoms with Crippen molar-refractivity contribution in [1.82, 2.24) is 0 Å². The first-order valence-corrected chi connectivity index (χ1v) is 5.46. The molecule has 0 heterocycles. The fourth-order valence-electron chi connectivity index (χ4n) is 1.05. The van der Waals surface area contributed by atoms with E-state index in [1.165, 1.54) is 0 Å². The van der Waals surface area contributed by atoms with Crippen LogP contribution in [0.2, 0.25) is 0 Å². The van der Waals surface area contributed by atoms with Gasteiger partial charge in [-0.2, -0.15) is 0 Å². The molecule has 0 aliphatic heterocycles. The van der Waals surface area contributed by atoms with Crippen LogP contribution >= 0.6 is 15.9 Å². The van der Waals surface area contributed by atoms with Crippen LogP contribution < -0.4 is 4.74 Å². The number of ether oxygens (including phenoxy) is 1. The topological polar surface area (TPSA) is 29.5 Å². The number of hydrogen-bond acceptors (Lipinski definition) is 2. The van der Waals surface area contributed by atoms with Gasteiger partial charge in [-0.1, -0.05) is 15.9 Å². The maximum absolute atomic E-state index is 9.04. The Morgan fingerprint density at radius 2 is 2.21 bits per heavy atom. The molecule has 14 heavy (non-hydrogen) atoms. The zero-order valence-electron chi connectivity index (χ0n) is 8.46. The smallest absolute Gasteiger partial charge is 0.119 e. The van der Waals surface area contributed by atoms with Crippen molar-refractivity contribution in [3.63, 3.8) is 0 Å². The van der Waals surface area contributed by atoms with Gasteiger partial charge in [0.15, 0.2) is 0 Å². The monoisotopic (exact) mass is 258 g/mol. The zero-order chi connectivity index (χ0) is 10.6. The molecule has 0 radical (unpaired) electrons. The van der Waals surface area contributed by atoms with Crippen LogP contribution in [0.1, 0.15) is 18.9 Å². The van der Waals surface area contributed by atoms with Gasteiger partial charge in [-0.25, -0.2) is 0 Å². The van der Waals surface area contributed by atoms with E-state index < -0.39 is 0 Å². The minimum Gasteiger partial charge on any atom is -0.493 e. The van der Waals surface area contributed by atoms with Gasteiger partial charge in [-0.15, -0.1) is 0 Å². The van der Waals surface area contributed by atoms with Crippen molar-refractivity contribution in [2.45, 2.75) is 26.4 Å². The molecule has 1 aromatic rings. The quantitative estimate of drug-likeness (QED) is 0.900. The van der Waals surface area contributed by atoms with E-state index in [2.05, 4.69) is 15.9 Å². The average Bonchev–Trinajstić information content (AvgIpc) is 2.10. The van der Waals surface area contributed by atoms with Crippen molar-refractivity contribution < 1.29 is 9.84 Å². The van der Waals surface area contributed by atoms with Gasteiger partial charge >= 0.3 is 0 Å². The van der Waals surface area contributed by atoms with E-state index >= 15 is 0 Å². The second-order valence-corrected chi connectivity index (χ2v) is 4.25. The first-order valence-electron chi connectivity index (χ1n) is 4.66.